The molecule has 0 aliphatic rings. The molecule has 1 atom stereocenters. The van der Waals surface area contributed by atoms with Crippen LogP contribution in [-0.2, 0) is 4.74 Å². The molecule has 2 heteroatoms. The zero-order chi connectivity index (χ0) is 7.28. The summed E-state index contributed by atoms with van der Waals surface area (Å²) in [4.78, 5) is 0. The minimum atomic E-state index is -0.560. The van der Waals surface area contributed by atoms with Gasteiger partial charge in [0.2, 0.25) is 0 Å². The summed E-state index contributed by atoms with van der Waals surface area (Å²) in [5, 5.41) is 9.00. The molecule has 0 aliphatic heterocycles. The van der Waals surface area contributed by atoms with Gasteiger partial charge < -0.3 is 9.84 Å². The number of aliphatic hydroxyl groups excluding tert-OH is 1. The molecule has 1 N–H and O–H groups in total. The van der Waals surface area contributed by atoms with Crippen LogP contribution in [0.2, 0.25) is 0 Å². The Kier molecular flexibility index (Phi) is 4.72. The molecule has 2 nitrogen and oxygen atoms in total. The molecule has 0 aromatic rings. The van der Waals surface area contributed by atoms with E-state index in [2.05, 4.69) is 0 Å². The molecular formula is C7H16O2. The second-order valence-electron chi connectivity index (χ2n) is 2.43. The van der Waals surface area contributed by atoms with Crippen molar-refractivity contribution in [2.24, 2.45) is 0 Å². The van der Waals surface area contributed by atoms with E-state index in [4.69, 9.17) is 9.84 Å². The second-order valence-corrected chi connectivity index (χ2v) is 2.43. The van der Waals surface area contributed by atoms with Crippen molar-refractivity contribution in [3.63, 3.8) is 0 Å². The number of hydrogen-bond donors (Lipinski definition) is 1. The standard InChI is InChI=1S/C7H16O2/c1-4-5-7(8)9-6(2)3/h6-8H,4-5H2,1-3H3. The lowest BCUT2D eigenvalue weighted by molar-refractivity contribution is -0.128. The Balaban J connectivity index is 3.15. The first-order valence-electron chi connectivity index (χ1n) is 3.50. The number of aliphatic hydroxyl groups is 1. The molecule has 56 valence electrons. The molecule has 0 saturated carbocycles. The van der Waals surface area contributed by atoms with Gasteiger partial charge in [-0.25, -0.2) is 0 Å². The maximum absolute atomic E-state index is 9.00. The molecule has 0 amide bonds. The molecule has 0 fully saturated rings. The van der Waals surface area contributed by atoms with Crippen LogP contribution in [0, 0.1) is 0 Å². The maximum Gasteiger partial charge on any atom is 0.154 e. The van der Waals surface area contributed by atoms with E-state index in [9.17, 15) is 0 Å². The molecular weight excluding hydrogens is 116 g/mol. The van der Waals surface area contributed by atoms with Crippen LogP contribution in [0.3, 0.4) is 0 Å². The van der Waals surface area contributed by atoms with Gasteiger partial charge >= 0.3 is 0 Å². The van der Waals surface area contributed by atoms with E-state index in [0.29, 0.717) is 0 Å². The first-order chi connectivity index (χ1) is 4.16. The van der Waals surface area contributed by atoms with Crippen molar-refractivity contribution in [2.45, 2.75) is 46.0 Å². The Morgan fingerprint density at radius 1 is 1.44 bits per heavy atom. The second kappa shape index (κ2) is 4.77. The summed E-state index contributed by atoms with van der Waals surface area (Å²) in [6.07, 6.45) is 1.27. The summed E-state index contributed by atoms with van der Waals surface area (Å²) in [7, 11) is 0. The van der Waals surface area contributed by atoms with Crippen LogP contribution in [-0.4, -0.2) is 17.5 Å². The quantitative estimate of drug-likeness (QED) is 0.588. The lowest BCUT2D eigenvalue weighted by Gasteiger charge is -2.13. The first kappa shape index (κ1) is 8.92. The number of rotatable bonds is 4. The van der Waals surface area contributed by atoms with E-state index in [1.165, 1.54) is 0 Å². The molecule has 0 radical (unpaired) electrons. The van der Waals surface area contributed by atoms with Gasteiger partial charge in [0, 0.05) is 0 Å². The van der Waals surface area contributed by atoms with Crippen LogP contribution >= 0.6 is 0 Å². The molecule has 0 aromatic carbocycles. The van der Waals surface area contributed by atoms with Gasteiger partial charge in [0.15, 0.2) is 6.29 Å². The van der Waals surface area contributed by atoms with E-state index < -0.39 is 6.29 Å². The van der Waals surface area contributed by atoms with Crippen molar-refractivity contribution < 1.29 is 9.84 Å². The van der Waals surface area contributed by atoms with E-state index in [-0.39, 0.29) is 6.10 Å². The molecule has 0 bridgehead atoms. The monoisotopic (exact) mass is 132 g/mol. The maximum atomic E-state index is 9.00. The van der Waals surface area contributed by atoms with E-state index in [1.54, 1.807) is 0 Å². The van der Waals surface area contributed by atoms with E-state index in [0.717, 1.165) is 12.8 Å². The summed E-state index contributed by atoms with van der Waals surface area (Å²) < 4.78 is 5.05. The zero-order valence-electron chi connectivity index (χ0n) is 6.42. The molecule has 0 rings (SSSR count). The van der Waals surface area contributed by atoms with Gasteiger partial charge in [0.1, 0.15) is 0 Å². The van der Waals surface area contributed by atoms with Crippen LogP contribution < -0.4 is 0 Å². The average molecular weight is 132 g/mol. The molecule has 0 heterocycles. The third-order valence-corrected chi connectivity index (χ3v) is 0.965. The van der Waals surface area contributed by atoms with Crippen LogP contribution in [0.4, 0.5) is 0 Å². The molecule has 1 unspecified atom stereocenters. The van der Waals surface area contributed by atoms with Crippen LogP contribution in [0.15, 0.2) is 0 Å². The van der Waals surface area contributed by atoms with E-state index >= 15 is 0 Å². The average Bonchev–Trinajstić information content (AvgIpc) is 1.63. The number of hydrogen-bond acceptors (Lipinski definition) is 2. The number of ether oxygens (including phenoxy) is 1. The molecule has 0 aromatic heterocycles. The minimum Gasteiger partial charge on any atom is -0.368 e. The molecule has 0 spiro atoms. The summed E-state index contributed by atoms with van der Waals surface area (Å²) >= 11 is 0. The predicted octanol–water partition coefficient (Wildman–Crippen LogP) is 1.53. The van der Waals surface area contributed by atoms with Gasteiger partial charge in [-0.05, 0) is 20.3 Å². The molecule has 0 saturated heterocycles. The fourth-order valence-electron chi connectivity index (χ4n) is 0.629. The van der Waals surface area contributed by atoms with Crippen molar-refractivity contribution in [3.8, 4) is 0 Å². The van der Waals surface area contributed by atoms with Gasteiger partial charge in [0.05, 0.1) is 6.10 Å². The van der Waals surface area contributed by atoms with Gasteiger partial charge in [0.25, 0.3) is 0 Å². The predicted molar refractivity (Wildman–Crippen MR) is 37.1 cm³/mol. The van der Waals surface area contributed by atoms with Gasteiger partial charge in [-0.3, -0.25) is 0 Å². The Labute approximate surface area is 56.8 Å². The fraction of sp³-hybridized carbons (Fsp3) is 1.00. The van der Waals surface area contributed by atoms with E-state index in [1.807, 2.05) is 20.8 Å². The summed E-state index contributed by atoms with van der Waals surface area (Å²) in [6.45, 7) is 5.85. The van der Waals surface area contributed by atoms with Crippen molar-refractivity contribution in [2.75, 3.05) is 0 Å². The smallest absolute Gasteiger partial charge is 0.154 e. The Morgan fingerprint density at radius 2 is 2.00 bits per heavy atom. The molecule has 9 heavy (non-hydrogen) atoms. The van der Waals surface area contributed by atoms with Crippen molar-refractivity contribution in [3.05, 3.63) is 0 Å². The third kappa shape index (κ3) is 5.80. The Morgan fingerprint density at radius 3 is 2.33 bits per heavy atom. The SMILES string of the molecule is CCCC(O)OC(C)C. The summed E-state index contributed by atoms with van der Waals surface area (Å²) in [6, 6.07) is 0. The Hall–Kier alpha value is -0.0800. The van der Waals surface area contributed by atoms with Crippen LogP contribution in [0.25, 0.3) is 0 Å². The lowest BCUT2D eigenvalue weighted by Crippen LogP contribution is -2.16. The largest absolute Gasteiger partial charge is 0.368 e. The topological polar surface area (TPSA) is 29.5 Å². The minimum absolute atomic E-state index is 0.131. The highest BCUT2D eigenvalue weighted by Crippen LogP contribution is 2.00. The Bertz CT molecular complexity index is 61.9. The van der Waals surface area contributed by atoms with Crippen LogP contribution in [0.5, 0.6) is 0 Å². The summed E-state index contributed by atoms with van der Waals surface area (Å²) in [5.74, 6) is 0. The van der Waals surface area contributed by atoms with Gasteiger partial charge in [-0.2, -0.15) is 0 Å². The summed E-state index contributed by atoms with van der Waals surface area (Å²) in [5.41, 5.74) is 0. The van der Waals surface area contributed by atoms with Crippen molar-refractivity contribution >= 4 is 0 Å². The lowest BCUT2D eigenvalue weighted by atomic mass is 10.3. The highest BCUT2D eigenvalue weighted by molar-refractivity contribution is 4.42. The van der Waals surface area contributed by atoms with Crippen molar-refractivity contribution in [1.82, 2.24) is 0 Å². The van der Waals surface area contributed by atoms with Crippen molar-refractivity contribution in [1.29, 1.82) is 0 Å². The molecule has 0 aliphatic carbocycles. The van der Waals surface area contributed by atoms with Gasteiger partial charge in [-0.1, -0.05) is 13.3 Å². The first-order valence-corrected chi connectivity index (χ1v) is 3.50. The van der Waals surface area contributed by atoms with Gasteiger partial charge in [-0.15, -0.1) is 0 Å². The third-order valence-electron chi connectivity index (χ3n) is 0.965. The zero-order valence-corrected chi connectivity index (χ0v) is 6.42. The highest BCUT2D eigenvalue weighted by Gasteiger charge is 2.03. The highest BCUT2D eigenvalue weighted by atomic mass is 16.6. The fourth-order valence-corrected chi connectivity index (χ4v) is 0.629. The normalized spacial score (nSPS) is 14.3. The van der Waals surface area contributed by atoms with Crippen LogP contribution in [0.1, 0.15) is 33.6 Å².